The number of aromatic nitrogens is 1. The number of ether oxygens (including phenoxy) is 2. The van der Waals surface area contributed by atoms with Crippen molar-refractivity contribution in [2.75, 3.05) is 6.54 Å². The Kier molecular flexibility index (Phi) is 7.38. The van der Waals surface area contributed by atoms with Crippen molar-refractivity contribution in [1.82, 2.24) is 9.88 Å². The Labute approximate surface area is 186 Å². The Morgan fingerprint density at radius 1 is 1.19 bits per heavy atom. The maximum absolute atomic E-state index is 12.9. The molecule has 1 amide bonds. The van der Waals surface area contributed by atoms with E-state index in [1.165, 1.54) is 0 Å². The van der Waals surface area contributed by atoms with Crippen molar-refractivity contribution < 1.29 is 18.7 Å². The van der Waals surface area contributed by atoms with Crippen LogP contribution in [-0.4, -0.2) is 43.2 Å². The van der Waals surface area contributed by atoms with Gasteiger partial charge in [0, 0.05) is 12.7 Å². The van der Waals surface area contributed by atoms with E-state index in [-0.39, 0.29) is 23.8 Å². The summed E-state index contributed by atoms with van der Waals surface area (Å²) in [6, 6.07) is 13.2. The van der Waals surface area contributed by atoms with Crippen LogP contribution in [-0.2, 0) is 15.8 Å². The molecule has 0 saturated carbocycles. The van der Waals surface area contributed by atoms with Crippen LogP contribution in [0.25, 0.3) is 0 Å². The second-order valence-corrected chi connectivity index (χ2v) is 14.3. The zero-order valence-electron chi connectivity index (χ0n) is 19.2. The summed E-state index contributed by atoms with van der Waals surface area (Å²) < 4.78 is 18.6. The van der Waals surface area contributed by atoms with Gasteiger partial charge in [0.2, 0.25) is 6.29 Å². The number of amides is 1. The van der Waals surface area contributed by atoms with Crippen molar-refractivity contribution in [3.63, 3.8) is 0 Å². The number of pyridine rings is 1. The van der Waals surface area contributed by atoms with Gasteiger partial charge in [-0.25, -0.2) is 4.79 Å². The van der Waals surface area contributed by atoms with Crippen molar-refractivity contribution in [2.45, 2.75) is 70.7 Å². The molecule has 0 bridgehead atoms. The Balaban J connectivity index is 1.76. The second-order valence-electron chi connectivity index (χ2n) is 9.50. The molecule has 1 aromatic heterocycles. The first-order valence-electron chi connectivity index (χ1n) is 10.9. The van der Waals surface area contributed by atoms with Crippen LogP contribution in [0.4, 0.5) is 4.79 Å². The first-order valence-corrected chi connectivity index (χ1v) is 13.8. The molecule has 168 valence electrons. The first-order chi connectivity index (χ1) is 14.7. The van der Waals surface area contributed by atoms with E-state index >= 15 is 0 Å². The summed E-state index contributed by atoms with van der Waals surface area (Å²) in [6.07, 6.45) is 4.18. The zero-order chi connectivity index (χ0) is 22.5. The number of rotatable bonds is 7. The molecule has 1 aliphatic heterocycles. The molecule has 1 saturated heterocycles. The van der Waals surface area contributed by atoms with Crippen LogP contribution in [0.2, 0.25) is 18.1 Å². The zero-order valence-corrected chi connectivity index (χ0v) is 20.2. The highest BCUT2D eigenvalue weighted by atomic mass is 28.4. The number of benzene rings is 1. The molecular weight excluding hydrogens is 408 g/mol. The topological polar surface area (TPSA) is 60.9 Å². The number of hydrogen-bond acceptors (Lipinski definition) is 5. The third kappa shape index (κ3) is 6.08. The molecular formula is C24H34N2O4Si. The van der Waals surface area contributed by atoms with Gasteiger partial charge in [0.05, 0.1) is 12.2 Å². The maximum Gasteiger partial charge on any atom is 0.410 e. The minimum Gasteiger partial charge on any atom is -0.462 e. The Bertz CT molecular complexity index is 840. The van der Waals surface area contributed by atoms with E-state index < -0.39 is 14.6 Å². The van der Waals surface area contributed by atoms with Crippen LogP contribution in [0.5, 0.6) is 5.75 Å². The van der Waals surface area contributed by atoms with Crippen LogP contribution in [0.15, 0.2) is 54.9 Å². The van der Waals surface area contributed by atoms with Gasteiger partial charge in [-0.2, -0.15) is 0 Å². The fourth-order valence-electron chi connectivity index (χ4n) is 3.30. The fraction of sp³-hybridized carbons (Fsp3) is 0.500. The predicted molar refractivity (Wildman–Crippen MR) is 123 cm³/mol. The average molecular weight is 443 g/mol. The SMILES string of the molecule is CC(C)(C)[Si](C)(C)OC(Oc1cccnc1)[C@@H]1CCCN1C(=O)OCc1ccccc1. The van der Waals surface area contributed by atoms with E-state index in [1.807, 2.05) is 42.5 Å². The van der Waals surface area contributed by atoms with Crippen LogP contribution >= 0.6 is 0 Å². The molecule has 1 fully saturated rings. The molecule has 1 aromatic carbocycles. The monoisotopic (exact) mass is 442 g/mol. The third-order valence-electron chi connectivity index (χ3n) is 6.16. The molecule has 2 heterocycles. The van der Waals surface area contributed by atoms with E-state index in [1.54, 1.807) is 17.3 Å². The number of hydrogen-bond donors (Lipinski definition) is 0. The lowest BCUT2D eigenvalue weighted by Gasteiger charge is -2.41. The van der Waals surface area contributed by atoms with E-state index in [0.717, 1.165) is 18.4 Å². The second kappa shape index (κ2) is 9.83. The minimum absolute atomic E-state index is 0.0147. The smallest absolute Gasteiger partial charge is 0.410 e. The van der Waals surface area contributed by atoms with Crippen molar-refractivity contribution in [1.29, 1.82) is 0 Å². The minimum atomic E-state index is -2.15. The van der Waals surface area contributed by atoms with Gasteiger partial charge in [-0.15, -0.1) is 0 Å². The van der Waals surface area contributed by atoms with Crippen molar-refractivity contribution in [2.24, 2.45) is 0 Å². The summed E-state index contributed by atoms with van der Waals surface area (Å²) in [6.45, 7) is 11.9. The molecule has 7 heteroatoms. The summed E-state index contributed by atoms with van der Waals surface area (Å²) in [5.74, 6) is 0.635. The van der Waals surface area contributed by atoms with Crippen LogP contribution in [0, 0.1) is 0 Å². The van der Waals surface area contributed by atoms with Gasteiger partial charge in [0.1, 0.15) is 12.4 Å². The number of carbonyl (C=O) groups is 1. The molecule has 3 rings (SSSR count). The first kappa shape index (κ1) is 23.3. The number of carbonyl (C=O) groups excluding carboxylic acids is 1. The molecule has 2 atom stereocenters. The normalized spacial score (nSPS) is 18.0. The fourth-order valence-corrected chi connectivity index (χ4v) is 4.44. The van der Waals surface area contributed by atoms with Gasteiger partial charge < -0.3 is 13.9 Å². The average Bonchev–Trinajstić information content (AvgIpc) is 3.22. The summed E-state index contributed by atoms with van der Waals surface area (Å²) in [4.78, 5) is 18.9. The van der Waals surface area contributed by atoms with E-state index in [0.29, 0.717) is 12.3 Å². The lowest BCUT2D eigenvalue weighted by Crippen LogP contribution is -2.53. The molecule has 0 N–H and O–H groups in total. The standard InChI is InChI=1S/C24H34N2O4Si/c1-24(2,3)31(4,5)30-22(29-20-13-9-15-25-17-20)21-14-10-16-26(21)23(27)28-18-19-11-7-6-8-12-19/h6-9,11-13,15,17,21-22H,10,14,16,18H2,1-5H3/t21-,22?/m0/s1. The van der Waals surface area contributed by atoms with Gasteiger partial charge >= 0.3 is 6.09 Å². The van der Waals surface area contributed by atoms with Crippen molar-refractivity contribution in [3.05, 3.63) is 60.4 Å². The lowest BCUT2D eigenvalue weighted by molar-refractivity contribution is -0.0586. The molecule has 2 aromatic rings. The Morgan fingerprint density at radius 2 is 1.94 bits per heavy atom. The Hall–Kier alpha value is -2.38. The summed E-state index contributed by atoms with van der Waals surface area (Å²) >= 11 is 0. The van der Waals surface area contributed by atoms with Crippen LogP contribution < -0.4 is 4.74 Å². The highest BCUT2D eigenvalue weighted by Gasteiger charge is 2.45. The summed E-state index contributed by atoms with van der Waals surface area (Å²) in [7, 11) is -2.15. The van der Waals surface area contributed by atoms with Crippen LogP contribution in [0.1, 0.15) is 39.2 Å². The van der Waals surface area contributed by atoms with Crippen molar-refractivity contribution in [3.8, 4) is 5.75 Å². The van der Waals surface area contributed by atoms with Crippen molar-refractivity contribution >= 4 is 14.4 Å². The van der Waals surface area contributed by atoms with E-state index in [9.17, 15) is 4.79 Å². The van der Waals surface area contributed by atoms with E-state index in [2.05, 4.69) is 38.8 Å². The van der Waals surface area contributed by atoms with Gasteiger partial charge in [-0.1, -0.05) is 51.1 Å². The largest absolute Gasteiger partial charge is 0.462 e. The number of nitrogens with zero attached hydrogens (tertiary/aromatic N) is 2. The predicted octanol–water partition coefficient (Wildman–Crippen LogP) is 5.61. The molecule has 0 aliphatic carbocycles. The quantitative estimate of drug-likeness (QED) is 0.412. The molecule has 31 heavy (non-hydrogen) atoms. The molecule has 1 aliphatic rings. The van der Waals surface area contributed by atoms with Gasteiger partial charge in [0.15, 0.2) is 8.32 Å². The molecule has 1 unspecified atom stereocenters. The molecule has 6 nitrogen and oxygen atoms in total. The van der Waals surface area contributed by atoms with Gasteiger partial charge in [0.25, 0.3) is 0 Å². The maximum atomic E-state index is 12.9. The lowest BCUT2D eigenvalue weighted by atomic mass is 10.2. The van der Waals surface area contributed by atoms with Gasteiger partial charge in [-0.05, 0) is 48.7 Å². The number of likely N-dealkylation sites (tertiary alicyclic amines) is 1. The highest BCUT2D eigenvalue weighted by Crippen LogP contribution is 2.39. The Morgan fingerprint density at radius 3 is 2.58 bits per heavy atom. The van der Waals surface area contributed by atoms with E-state index in [4.69, 9.17) is 13.9 Å². The van der Waals surface area contributed by atoms with Gasteiger partial charge in [-0.3, -0.25) is 9.88 Å². The molecule has 0 radical (unpaired) electrons. The van der Waals surface area contributed by atoms with Crippen LogP contribution in [0.3, 0.4) is 0 Å². The molecule has 0 spiro atoms. The highest BCUT2D eigenvalue weighted by molar-refractivity contribution is 6.74. The summed E-state index contributed by atoms with van der Waals surface area (Å²) in [5.41, 5.74) is 0.965. The summed E-state index contributed by atoms with van der Waals surface area (Å²) in [5, 5.41) is 0.0147. The third-order valence-corrected chi connectivity index (χ3v) is 10.6.